The van der Waals surface area contributed by atoms with Gasteiger partial charge in [0.15, 0.2) is 0 Å². The van der Waals surface area contributed by atoms with Crippen molar-refractivity contribution in [1.29, 1.82) is 0 Å². The number of methoxy groups -OCH3 is 1. The summed E-state index contributed by atoms with van der Waals surface area (Å²) in [7, 11) is 3.06. The molecule has 4 rings (SSSR count). The van der Waals surface area contributed by atoms with E-state index in [4.69, 9.17) is 9.57 Å². The third-order valence-electron chi connectivity index (χ3n) is 6.49. The Bertz CT molecular complexity index is 1290. The van der Waals surface area contributed by atoms with Crippen molar-refractivity contribution in [3.8, 4) is 22.6 Å². The van der Waals surface area contributed by atoms with Crippen LogP contribution in [-0.4, -0.2) is 66.0 Å². The molecule has 1 fully saturated rings. The van der Waals surface area contributed by atoms with Gasteiger partial charge >= 0.3 is 0 Å². The van der Waals surface area contributed by atoms with Crippen LogP contribution in [0.4, 0.5) is 0 Å². The fourth-order valence-electron chi connectivity index (χ4n) is 4.54. The van der Waals surface area contributed by atoms with Crippen molar-refractivity contribution in [2.24, 2.45) is 5.16 Å². The number of phenols is 1. The van der Waals surface area contributed by atoms with Gasteiger partial charge in [0.05, 0.1) is 25.5 Å². The highest BCUT2D eigenvalue weighted by Crippen LogP contribution is 2.30. The number of oxime groups is 1. The van der Waals surface area contributed by atoms with Crippen LogP contribution >= 0.6 is 0 Å². The number of likely N-dealkylation sites (tertiary alicyclic amines) is 1. The smallest absolute Gasteiger partial charge is 0.254 e. The van der Waals surface area contributed by atoms with Crippen LogP contribution in [0, 0.1) is 0 Å². The molecule has 9 nitrogen and oxygen atoms in total. The van der Waals surface area contributed by atoms with Gasteiger partial charge in [0, 0.05) is 36.6 Å². The summed E-state index contributed by atoms with van der Waals surface area (Å²) in [5.74, 6) is 0.336. The lowest BCUT2D eigenvalue weighted by Crippen LogP contribution is -2.40. The van der Waals surface area contributed by atoms with E-state index in [9.17, 15) is 19.8 Å². The molecule has 2 atom stereocenters. The number of para-hydroxylation sites is 1. The molecule has 0 aliphatic carbocycles. The van der Waals surface area contributed by atoms with Gasteiger partial charge in [-0.3, -0.25) is 9.59 Å². The van der Waals surface area contributed by atoms with E-state index in [1.54, 1.807) is 36.3 Å². The molecule has 198 valence electrons. The molecular formula is C29H31N3O6. The number of aliphatic hydroxyl groups is 1. The van der Waals surface area contributed by atoms with Crippen molar-refractivity contribution in [3.63, 3.8) is 0 Å². The molecule has 1 unspecified atom stereocenters. The molecule has 1 saturated heterocycles. The van der Waals surface area contributed by atoms with Crippen molar-refractivity contribution in [2.75, 3.05) is 27.3 Å². The van der Waals surface area contributed by atoms with Gasteiger partial charge in [-0.05, 0) is 41.5 Å². The number of phenolic OH excluding ortho intramolecular Hbond substituents is 1. The maximum absolute atomic E-state index is 13.5. The van der Waals surface area contributed by atoms with E-state index < -0.39 is 12.1 Å². The van der Waals surface area contributed by atoms with Crippen LogP contribution in [-0.2, 0) is 9.63 Å². The minimum Gasteiger partial charge on any atom is -0.508 e. The summed E-state index contributed by atoms with van der Waals surface area (Å²) in [6.07, 6.45) is -0.462. The van der Waals surface area contributed by atoms with Crippen LogP contribution in [0.5, 0.6) is 11.5 Å². The Kier molecular flexibility index (Phi) is 8.60. The Hall–Kier alpha value is -4.37. The highest BCUT2D eigenvalue weighted by Gasteiger charge is 2.35. The standard InChI is InChI=1S/C29H31N3O6/c1-37-27-6-4-3-5-25(27)19-7-9-21(10-8-19)29(36)32-18-22(31-38-2)15-23(32)16-28(35)30-17-26(34)20-11-13-24(33)14-12-20/h3-14,23,26,33-34H,15-18H2,1-2H3,(H,30,35)/t23-,26?/m0/s1. The van der Waals surface area contributed by atoms with Crippen molar-refractivity contribution in [3.05, 3.63) is 83.9 Å². The number of hydrogen-bond acceptors (Lipinski definition) is 7. The quantitative estimate of drug-likeness (QED) is 0.374. The molecule has 2 amide bonds. The van der Waals surface area contributed by atoms with Gasteiger partial charge < -0.3 is 30.0 Å². The number of hydrogen-bond donors (Lipinski definition) is 3. The maximum Gasteiger partial charge on any atom is 0.254 e. The number of nitrogens with one attached hydrogen (secondary N) is 1. The number of carbonyl (C=O) groups is 2. The number of nitrogens with zero attached hydrogens (tertiary/aromatic N) is 2. The normalized spacial score (nSPS) is 16.8. The summed E-state index contributed by atoms with van der Waals surface area (Å²) in [6, 6.07) is 20.7. The van der Waals surface area contributed by atoms with Crippen LogP contribution in [0.15, 0.2) is 78.0 Å². The summed E-state index contributed by atoms with van der Waals surface area (Å²) in [6.45, 7) is 0.267. The van der Waals surface area contributed by atoms with Crippen LogP contribution in [0.3, 0.4) is 0 Å². The lowest BCUT2D eigenvalue weighted by atomic mass is 10.0. The predicted octanol–water partition coefficient (Wildman–Crippen LogP) is 3.52. The van der Waals surface area contributed by atoms with E-state index in [0.29, 0.717) is 23.3 Å². The second-order valence-electron chi connectivity index (χ2n) is 9.02. The predicted molar refractivity (Wildman–Crippen MR) is 143 cm³/mol. The van der Waals surface area contributed by atoms with Crippen molar-refractivity contribution in [2.45, 2.75) is 25.0 Å². The molecule has 0 spiro atoms. The van der Waals surface area contributed by atoms with Crippen molar-refractivity contribution >= 4 is 17.5 Å². The molecule has 3 aromatic carbocycles. The maximum atomic E-state index is 13.5. The van der Waals surface area contributed by atoms with E-state index in [1.807, 2.05) is 36.4 Å². The summed E-state index contributed by atoms with van der Waals surface area (Å²) in [5.41, 5.74) is 3.59. The molecule has 3 N–H and O–H groups in total. The highest BCUT2D eigenvalue weighted by atomic mass is 16.6. The third kappa shape index (κ3) is 6.30. The molecule has 38 heavy (non-hydrogen) atoms. The van der Waals surface area contributed by atoms with Crippen LogP contribution in [0.2, 0.25) is 0 Å². The van der Waals surface area contributed by atoms with E-state index >= 15 is 0 Å². The summed E-state index contributed by atoms with van der Waals surface area (Å²) in [4.78, 5) is 32.7. The molecule has 0 saturated carbocycles. The van der Waals surface area contributed by atoms with Crippen LogP contribution in [0.1, 0.15) is 34.9 Å². The molecule has 1 aliphatic heterocycles. The molecule has 0 bridgehead atoms. The number of carbonyl (C=O) groups excluding carboxylic acids is 2. The molecule has 0 aromatic heterocycles. The van der Waals surface area contributed by atoms with Gasteiger partial charge in [-0.2, -0.15) is 0 Å². The minimum absolute atomic E-state index is 0.00764. The zero-order valence-electron chi connectivity index (χ0n) is 21.3. The number of amides is 2. The zero-order valence-corrected chi connectivity index (χ0v) is 21.3. The Labute approximate surface area is 221 Å². The van der Waals surface area contributed by atoms with E-state index in [0.717, 1.165) is 16.9 Å². The lowest BCUT2D eigenvalue weighted by Gasteiger charge is -2.24. The first kappa shape index (κ1) is 26.7. The van der Waals surface area contributed by atoms with Crippen LogP contribution in [0.25, 0.3) is 11.1 Å². The fourth-order valence-corrected chi connectivity index (χ4v) is 4.54. The summed E-state index contributed by atoms with van der Waals surface area (Å²) in [5, 5.41) is 26.5. The first-order valence-corrected chi connectivity index (χ1v) is 12.3. The Morgan fingerprint density at radius 2 is 1.76 bits per heavy atom. The highest BCUT2D eigenvalue weighted by molar-refractivity contribution is 6.01. The summed E-state index contributed by atoms with van der Waals surface area (Å²) >= 11 is 0. The van der Waals surface area contributed by atoms with E-state index in [2.05, 4.69) is 10.5 Å². The van der Waals surface area contributed by atoms with Gasteiger partial charge in [0.2, 0.25) is 5.91 Å². The van der Waals surface area contributed by atoms with Crippen LogP contribution < -0.4 is 10.1 Å². The van der Waals surface area contributed by atoms with E-state index in [1.165, 1.54) is 19.2 Å². The van der Waals surface area contributed by atoms with Gasteiger partial charge in [0.1, 0.15) is 18.6 Å². The minimum atomic E-state index is -0.923. The van der Waals surface area contributed by atoms with Gasteiger partial charge in [-0.15, -0.1) is 0 Å². The van der Waals surface area contributed by atoms with E-state index in [-0.39, 0.29) is 37.1 Å². The second kappa shape index (κ2) is 12.2. The third-order valence-corrected chi connectivity index (χ3v) is 6.49. The number of ether oxygens (including phenoxy) is 1. The zero-order chi connectivity index (χ0) is 27.1. The van der Waals surface area contributed by atoms with Gasteiger partial charge in [-0.25, -0.2) is 0 Å². The second-order valence-corrected chi connectivity index (χ2v) is 9.02. The topological polar surface area (TPSA) is 121 Å². The number of aliphatic hydroxyl groups excluding tert-OH is 1. The van der Waals surface area contributed by atoms with Gasteiger partial charge in [-0.1, -0.05) is 47.6 Å². The van der Waals surface area contributed by atoms with Crippen molar-refractivity contribution in [1.82, 2.24) is 10.2 Å². The molecule has 1 heterocycles. The number of benzene rings is 3. The Morgan fingerprint density at radius 1 is 1.05 bits per heavy atom. The summed E-state index contributed by atoms with van der Waals surface area (Å²) < 4.78 is 5.45. The fraction of sp³-hybridized carbons (Fsp3) is 0.276. The SMILES string of the molecule is CON=C1C[C@@H](CC(=O)NCC(O)c2ccc(O)cc2)N(C(=O)c2ccc(-c3ccccc3OC)cc2)C1. The first-order valence-electron chi connectivity index (χ1n) is 12.3. The average molecular weight is 518 g/mol. The Morgan fingerprint density at radius 3 is 2.45 bits per heavy atom. The number of rotatable bonds is 9. The molecular weight excluding hydrogens is 486 g/mol. The average Bonchev–Trinajstić information content (AvgIpc) is 3.33. The van der Waals surface area contributed by atoms with Crippen molar-refractivity contribution < 1.29 is 29.4 Å². The largest absolute Gasteiger partial charge is 0.508 e. The molecule has 1 aliphatic rings. The Balaban J connectivity index is 1.43. The lowest BCUT2D eigenvalue weighted by molar-refractivity contribution is -0.122. The molecule has 3 aromatic rings. The molecule has 9 heteroatoms. The number of aromatic hydroxyl groups is 1. The monoisotopic (exact) mass is 517 g/mol. The van der Waals surface area contributed by atoms with Gasteiger partial charge in [0.25, 0.3) is 5.91 Å². The molecule has 0 radical (unpaired) electrons. The first-order chi connectivity index (χ1) is 18.4.